The van der Waals surface area contributed by atoms with Crippen molar-refractivity contribution in [2.24, 2.45) is 0 Å². The zero-order chi connectivity index (χ0) is 14.5. The van der Waals surface area contributed by atoms with Gasteiger partial charge in [-0.3, -0.25) is 0 Å². The molecule has 106 valence electrons. The predicted molar refractivity (Wildman–Crippen MR) is 94.8 cm³/mol. The normalized spacial score (nSPS) is 12.2. The Labute approximate surface area is 145 Å². The first-order chi connectivity index (χ1) is 9.60. The molecule has 0 saturated carbocycles. The maximum atomic E-state index is 5.50. The summed E-state index contributed by atoms with van der Waals surface area (Å²) in [5, 5.41) is 0. The first-order valence-corrected chi connectivity index (χ1v) is 8.91. The zero-order valence-electron chi connectivity index (χ0n) is 11.1. The van der Waals surface area contributed by atoms with Crippen molar-refractivity contribution < 1.29 is 4.74 Å². The van der Waals surface area contributed by atoms with Gasteiger partial charge in [-0.15, -0.1) is 0 Å². The third kappa shape index (κ3) is 4.34. The Hall–Kier alpha value is -0.320. The highest BCUT2D eigenvalue weighted by Crippen LogP contribution is 2.34. The number of benzene rings is 2. The number of halogens is 3. The van der Waals surface area contributed by atoms with Gasteiger partial charge in [0.25, 0.3) is 0 Å². The Morgan fingerprint density at radius 1 is 1.05 bits per heavy atom. The lowest BCUT2D eigenvalue weighted by molar-refractivity contribution is 0.340. The molecule has 0 N–H and O–H groups in total. The molecular formula is C16H15Br3O. The monoisotopic (exact) mass is 460 g/mol. The van der Waals surface area contributed by atoms with E-state index in [1.807, 2.05) is 19.1 Å². The molecule has 0 fully saturated rings. The van der Waals surface area contributed by atoms with Crippen LogP contribution in [-0.2, 0) is 6.42 Å². The number of ether oxygens (including phenoxy) is 1. The molecule has 0 saturated heterocycles. The minimum Gasteiger partial charge on any atom is -0.494 e. The molecule has 0 aliphatic carbocycles. The van der Waals surface area contributed by atoms with Crippen LogP contribution in [0.25, 0.3) is 0 Å². The van der Waals surface area contributed by atoms with E-state index in [9.17, 15) is 0 Å². The van der Waals surface area contributed by atoms with Crippen molar-refractivity contribution in [1.29, 1.82) is 0 Å². The highest BCUT2D eigenvalue weighted by molar-refractivity contribution is 9.11. The maximum Gasteiger partial charge on any atom is 0.120 e. The first-order valence-electron chi connectivity index (χ1n) is 6.41. The summed E-state index contributed by atoms with van der Waals surface area (Å²) in [7, 11) is 0. The molecule has 0 aliphatic heterocycles. The van der Waals surface area contributed by atoms with Crippen LogP contribution in [0.4, 0.5) is 0 Å². The molecule has 4 heteroatoms. The van der Waals surface area contributed by atoms with Crippen molar-refractivity contribution in [3.05, 3.63) is 62.5 Å². The van der Waals surface area contributed by atoms with E-state index in [-0.39, 0.29) is 4.83 Å². The van der Waals surface area contributed by atoms with Gasteiger partial charge in [-0.1, -0.05) is 66.0 Å². The van der Waals surface area contributed by atoms with Crippen molar-refractivity contribution in [1.82, 2.24) is 0 Å². The molecule has 0 aliphatic rings. The second-order valence-electron chi connectivity index (χ2n) is 4.41. The summed E-state index contributed by atoms with van der Waals surface area (Å²) in [6.07, 6.45) is 0.944. The van der Waals surface area contributed by atoms with E-state index in [0.29, 0.717) is 6.61 Å². The largest absolute Gasteiger partial charge is 0.494 e. The van der Waals surface area contributed by atoms with E-state index in [4.69, 9.17) is 4.74 Å². The van der Waals surface area contributed by atoms with E-state index in [2.05, 4.69) is 78.1 Å². The zero-order valence-corrected chi connectivity index (χ0v) is 15.8. The molecular weight excluding hydrogens is 448 g/mol. The van der Waals surface area contributed by atoms with Crippen LogP contribution in [0.1, 0.15) is 22.9 Å². The average molecular weight is 463 g/mol. The van der Waals surface area contributed by atoms with E-state index in [1.165, 1.54) is 11.1 Å². The quantitative estimate of drug-likeness (QED) is 0.474. The van der Waals surface area contributed by atoms with Crippen LogP contribution in [0, 0.1) is 0 Å². The van der Waals surface area contributed by atoms with Gasteiger partial charge < -0.3 is 4.74 Å². The van der Waals surface area contributed by atoms with E-state index >= 15 is 0 Å². The van der Waals surface area contributed by atoms with E-state index < -0.39 is 0 Å². The fourth-order valence-corrected chi connectivity index (χ4v) is 3.93. The highest BCUT2D eigenvalue weighted by atomic mass is 79.9. The van der Waals surface area contributed by atoms with Gasteiger partial charge in [0.15, 0.2) is 0 Å². The van der Waals surface area contributed by atoms with Crippen LogP contribution < -0.4 is 4.74 Å². The SMILES string of the molecule is CCOc1ccc(C(Br)Cc2ccc(Br)cc2)c(Br)c1. The summed E-state index contributed by atoms with van der Waals surface area (Å²) < 4.78 is 7.68. The molecule has 0 radical (unpaired) electrons. The number of hydrogen-bond acceptors (Lipinski definition) is 1. The molecule has 1 unspecified atom stereocenters. The average Bonchev–Trinajstić information content (AvgIpc) is 2.42. The van der Waals surface area contributed by atoms with Crippen molar-refractivity contribution in [3.63, 3.8) is 0 Å². The van der Waals surface area contributed by atoms with Gasteiger partial charge in [-0.05, 0) is 48.7 Å². The van der Waals surface area contributed by atoms with E-state index in [0.717, 1.165) is 21.1 Å². The van der Waals surface area contributed by atoms with Crippen LogP contribution in [0.3, 0.4) is 0 Å². The second kappa shape index (κ2) is 7.62. The van der Waals surface area contributed by atoms with Gasteiger partial charge in [-0.25, -0.2) is 0 Å². The van der Waals surface area contributed by atoms with Crippen LogP contribution in [-0.4, -0.2) is 6.61 Å². The van der Waals surface area contributed by atoms with Gasteiger partial charge in [0.05, 0.1) is 6.61 Å². The van der Waals surface area contributed by atoms with Crippen LogP contribution in [0.5, 0.6) is 5.75 Å². The Balaban J connectivity index is 2.12. The Morgan fingerprint density at radius 2 is 1.75 bits per heavy atom. The Kier molecular flexibility index (Phi) is 6.12. The molecule has 1 nitrogen and oxygen atoms in total. The predicted octanol–water partition coefficient (Wildman–Crippen LogP) is 6.29. The van der Waals surface area contributed by atoms with Crippen LogP contribution in [0.15, 0.2) is 51.4 Å². The molecule has 0 amide bonds. The molecule has 2 aromatic rings. The summed E-state index contributed by atoms with van der Waals surface area (Å²) in [5.74, 6) is 0.895. The lowest BCUT2D eigenvalue weighted by atomic mass is 10.0. The fourth-order valence-electron chi connectivity index (χ4n) is 1.96. The smallest absolute Gasteiger partial charge is 0.120 e. The summed E-state index contributed by atoms with van der Waals surface area (Å²) in [6.45, 7) is 2.67. The molecule has 1 atom stereocenters. The Morgan fingerprint density at radius 3 is 2.35 bits per heavy atom. The highest BCUT2D eigenvalue weighted by Gasteiger charge is 2.12. The molecule has 2 aromatic carbocycles. The summed E-state index contributed by atoms with van der Waals surface area (Å²) in [5.41, 5.74) is 2.53. The molecule has 0 bridgehead atoms. The number of alkyl halides is 1. The lowest BCUT2D eigenvalue weighted by Gasteiger charge is -2.14. The minimum absolute atomic E-state index is 0.272. The van der Waals surface area contributed by atoms with Gasteiger partial charge in [0.2, 0.25) is 0 Å². The standard InChI is InChI=1S/C16H15Br3O/c1-2-20-13-7-8-14(16(19)10-13)15(18)9-11-3-5-12(17)6-4-11/h3-8,10,15H,2,9H2,1H3. The van der Waals surface area contributed by atoms with Crippen molar-refractivity contribution in [3.8, 4) is 5.75 Å². The molecule has 0 heterocycles. The van der Waals surface area contributed by atoms with Gasteiger partial charge in [0, 0.05) is 13.8 Å². The van der Waals surface area contributed by atoms with Crippen molar-refractivity contribution >= 4 is 47.8 Å². The van der Waals surface area contributed by atoms with Gasteiger partial charge >= 0.3 is 0 Å². The fraction of sp³-hybridized carbons (Fsp3) is 0.250. The molecule has 0 spiro atoms. The minimum atomic E-state index is 0.272. The van der Waals surface area contributed by atoms with Gasteiger partial charge in [0.1, 0.15) is 5.75 Å². The molecule has 20 heavy (non-hydrogen) atoms. The molecule has 0 aromatic heterocycles. The van der Waals surface area contributed by atoms with E-state index in [1.54, 1.807) is 0 Å². The lowest BCUT2D eigenvalue weighted by Crippen LogP contribution is -1.98. The first kappa shape index (κ1) is 16.1. The maximum absolute atomic E-state index is 5.50. The number of rotatable bonds is 5. The van der Waals surface area contributed by atoms with Crippen molar-refractivity contribution in [2.75, 3.05) is 6.61 Å². The Bertz CT molecular complexity index is 566. The van der Waals surface area contributed by atoms with Crippen molar-refractivity contribution in [2.45, 2.75) is 18.2 Å². The third-order valence-electron chi connectivity index (χ3n) is 2.95. The van der Waals surface area contributed by atoms with Crippen LogP contribution in [0.2, 0.25) is 0 Å². The van der Waals surface area contributed by atoms with Gasteiger partial charge in [-0.2, -0.15) is 0 Å². The third-order valence-corrected chi connectivity index (χ3v) is 4.98. The topological polar surface area (TPSA) is 9.23 Å². The molecule has 2 rings (SSSR count). The van der Waals surface area contributed by atoms with Crippen LogP contribution >= 0.6 is 47.8 Å². The second-order valence-corrected chi connectivity index (χ2v) is 7.29. The summed E-state index contributed by atoms with van der Waals surface area (Å²) in [4.78, 5) is 0.272. The summed E-state index contributed by atoms with van der Waals surface area (Å²) >= 11 is 10.9. The number of hydrogen-bond donors (Lipinski definition) is 0. The summed E-state index contributed by atoms with van der Waals surface area (Å²) in [6, 6.07) is 14.6.